The van der Waals surface area contributed by atoms with E-state index in [1.54, 1.807) is 6.07 Å². The zero-order chi connectivity index (χ0) is 14.1. The van der Waals surface area contributed by atoms with E-state index in [0.717, 1.165) is 6.92 Å². The maximum absolute atomic E-state index is 11.5. The van der Waals surface area contributed by atoms with Crippen LogP contribution < -0.4 is 10.6 Å². The molecule has 0 aliphatic carbocycles. The zero-order valence-electron chi connectivity index (χ0n) is 9.63. The second-order valence-corrected chi connectivity index (χ2v) is 4.78. The highest BCUT2D eigenvalue weighted by atomic mass is 32.2. The predicted octanol–water partition coefficient (Wildman–Crippen LogP) is -2.04. The third-order valence-corrected chi connectivity index (χ3v) is 2.97. The molecular weight excluding hydrogens is 262 g/mol. The molecule has 9 heteroatoms. The molecule has 0 bridgehead atoms. The molecule has 3 N–H and O–H groups in total. The van der Waals surface area contributed by atoms with Crippen molar-refractivity contribution in [1.29, 1.82) is 5.26 Å². The summed E-state index contributed by atoms with van der Waals surface area (Å²) in [5.74, 6) is -3.27. The highest BCUT2D eigenvalue weighted by Crippen LogP contribution is 1.92. The van der Waals surface area contributed by atoms with Crippen LogP contribution in [0.25, 0.3) is 0 Å². The molecule has 0 radical (unpaired) electrons. The van der Waals surface area contributed by atoms with Crippen LogP contribution in [-0.4, -0.2) is 51.2 Å². The van der Waals surface area contributed by atoms with Gasteiger partial charge in [0.1, 0.15) is 18.3 Å². The quantitative estimate of drug-likeness (QED) is 0.458. The van der Waals surface area contributed by atoms with E-state index in [9.17, 15) is 18.6 Å². The first kappa shape index (κ1) is 16.1. The summed E-state index contributed by atoms with van der Waals surface area (Å²) in [6.07, 6.45) is 0. The van der Waals surface area contributed by atoms with E-state index in [0.29, 0.717) is 0 Å². The van der Waals surface area contributed by atoms with Crippen molar-refractivity contribution in [3.63, 3.8) is 0 Å². The van der Waals surface area contributed by atoms with Crippen LogP contribution in [0.4, 0.5) is 0 Å². The maximum Gasteiger partial charge on any atom is 0.327 e. The summed E-state index contributed by atoms with van der Waals surface area (Å²) >= 11 is 0. The number of nitriles is 1. The highest BCUT2D eigenvalue weighted by molar-refractivity contribution is 7.85. The van der Waals surface area contributed by atoms with Crippen molar-refractivity contribution in [3.05, 3.63) is 0 Å². The fourth-order valence-electron chi connectivity index (χ4n) is 1.00. The molecule has 0 aromatic heterocycles. The Labute approximate surface area is 106 Å². The van der Waals surface area contributed by atoms with Crippen molar-refractivity contribution < 1.29 is 23.7 Å². The SMILES string of the molecule is CC(=O)NC(CS(=O)CC(=O)NCC#N)C(=O)O. The van der Waals surface area contributed by atoms with Gasteiger partial charge >= 0.3 is 5.97 Å². The molecule has 100 valence electrons. The van der Waals surface area contributed by atoms with Gasteiger partial charge in [-0.05, 0) is 0 Å². The van der Waals surface area contributed by atoms with Crippen molar-refractivity contribution in [2.24, 2.45) is 0 Å². The first-order chi connectivity index (χ1) is 8.36. The first-order valence-electron chi connectivity index (χ1n) is 4.85. The molecule has 0 aromatic rings. The number of aliphatic carboxylic acids is 1. The van der Waals surface area contributed by atoms with Crippen LogP contribution in [0.1, 0.15) is 6.92 Å². The lowest BCUT2D eigenvalue weighted by molar-refractivity contribution is -0.140. The van der Waals surface area contributed by atoms with Gasteiger partial charge in [-0.1, -0.05) is 0 Å². The minimum atomic E-state index is -1.74. The lowest BCUT2D eigenvalue weighted by atomic mass is 10.3. The van der Waals surface area contributed by atoms with E-state index < -0.39 is 40.4 Å². The molecule has 0 aliphatic rings. The summed E-state index contributed by atoms with van der Waals surface area (Å²) in [6.45, 7) is 0.933. The van der Waals surface area contributed by atoms with Gasteiger partial charge in [0.15, 0.2) is 0 Å². The van der Waals surface area contributed by atoms with Crippen LogP contribution in [0, 0.1) is 11.3 Å². The minimum absolute atomic E-state index is 0.204. The van der Waals surface area contributed by atoms with Crippen LogP contribution in [0.5, 0.6) is 0 Å². The molecule has 0 saturated heterocycles. The van der Waals surface area contributed by atoms with Crippen molar-refractivity contribution >= 4 is 28.6 Å². The second-order valence-electron chi connectivity index (χ2n) is 3.28. The normalized spacial score (nSPS) is 12.9. The van der Waals surface area contributed by atoms with Gasteiger partial charge in [-0.3, -0.25) is 13.8 Å². The van der Waals surface area contributed by atoms with Gasteiger partial charge in [0.25, 0.3) is 0 Å². The van der Waals surface area contributed by atoms with Gasteiger partial charge in [0.05, 0.1) is 11.8 Å². The maximum atomic E-state index is 11.5. The summed E-state index contributed by atoms with van der Waals surface area (Å²) in [5.41, 5.74) is 0. The molecule has 2 unspecified atom stereocenters. The fraction of sp³-hybridized carbons (Fsp3) is 0.556. The highest BCUT2D eigenvalue weighted by Gasteiger charge is 2.22. The molecule has 0 saturated carbocycles. The van der Waals surface area contributed by atoms with E-state index >= 15 is 0 Å². The number of amides is 2. The Morgan fingerprint density at radius 1 is 1.44 bits per heavy atom. The molecule has 2 amide bonds. The van der Waals surface area contributed by atoms with Crippen LogP contribution in [0.15, 0.2) is 0 Å². The Hall–Kier alpha value is -1.95. The van der Waals surface area contributed by atoms with Gasteiger partial charge in [0.2, 0.25) is 11.8 Å². The molecule has 18 heavy (non-hydrogen) atoms. The summed E-state index contributed by atoms with van der Waals surface area (Å²) in [6, 6.07) is 0.376. The number of nitrogens with zero attached hydrogens (tertiary/aromatic N) is 1. The average molecular weight is 275 g/mol. The number of carboxylic acids is 1. The van der Waals surface area contributed by atoms with Crippen LogP contribution in [0.3, 0.4) is 0 Å². The van der Waals surface area contributed by atoms with Gasteiger partial charge in [-0.2, -0.15) is 5.26 Å². The van der Waals surface area contributed by atoms with Gasteiger partial charge in [0, 0.05) is 17.7 Å². The van der Waals surface area contributed by atoms with Gasteiger partial charge in [-0.15, -0.1) is 0 Å². The summed E-state index contributed by atoms with van der Waals surface area (Å²) in [5, 5.41) is 21.2. The van der Waals surface area contributed by atoms with E-state index in [4.69, 9.17) is 10.4 Å². The number of carbonyl (C=O) groups is 3. The van der Waals surface area contributed by atoms with E-state index in [1.165, 1.54) is 0 Å². The number of nitrogens with one attached hydrogen (secondary N) is 2. The van der Waals surface area contributed by atoms with Crippen LogP contribution >= 0.6 is 0 Å². The predicted molar refractivity (Wildman–Crippen MR) is 61.7 cm³/mol. The van der Waals surface area contributed by atoms with Crippen molar-refractivity contribution in [3.8, 4) is 6.07 Å². The number of carboxylic acid groups (broad SMARTS) is 1. The molecule has 0 aromatic carbocycles. The largest absolute Gasteiger partial charge is 0.480 e. The van der Waals surface area contributed by atoms with Crippen molar-refractivity contribution in [2.45, 2.75) is 13.0 Å². The molecule has 0 heterocycles. The van der Waals surface area contributed by atoms with E-state index in [2.05, 4.69) is 10.6 Å². The Balaban J connectivity index is 4.26. The molecule has 0 fully saturated rings. The smallest absolute Gasteiger partial charge is 0.327 e. The second kappa shape index (κ2) is 8.19. The third kappa shape index (κ3) is 7.34. The summed E-state index contributed by atoms with van der Waals surface area (Å²) in [4.78, 5) is 32.5. The molecular formula is C9H13N3O5S. The molecule has 0 aliphatic heterocycles. The standard InChI is InChI=1S/C9H13N3O5S/c1-6(13)12-7(9(15)16)4-18(17)5-8(14)11-3-2-10/h7H,3-5H2,1H3,(H,11,14)(H,12,13)(H,15,16). The topological polar surface area (TPSA) is 136 Å². The Morgan fingerprint density at radius 2 is 2.06 bits per heavy atom. The van der Waals surface area contributed by atoms with Crippen molar-refractivity contribution in [1.82, 2.24) is 10.6 Å². The monoisotopic (exact) mass is 275 g/mol. The van der Waals surface area contributed by atoms with Crippen LogP contribution in [-0.2, 0) is 25.2 Å². The Morgan fingerprint density at radius 3 is 2.50 bits per heavy atom. The third-order valence-electron chi connectivity index (χ3n) is 1.68. The lowest BCUT2D eigenvalue weighted by Crippen LogP contribution is -2.44. The number of hydrogen-bond donors (Lipinski definition) is 3. The number of rotatable bonds is 7. The van der Waals surface area contributed by atoms with E-state index in [1.807, 2.05) is 0 Å². The summed E-state index contributed by atoms with van der Waals surface area (Å²) in [7, 11) is -1.74. The molecule has 2 atom stereocenters. The summed E-state index contributed by atoms with van der Waals surface area (Å²) < 4.78 is 11.5. The molecule has 0 spiro atoms. The number of carbonyl (C=O) groups excluding carboxylic acids is 2. The first-order valence-corrected chi connectivity index (χ1v) is 6.34. The average Bonchev–Trinajstić information content (AvgIpc) is 2.24. The Bertz CT molecular complexity index is 403. The molecule has 0 rings (SSSR count). The number of hydrogen-bond acceptors (Lipinski definition) is 5. The molecule has 8 nitrogen and oxygen atoms in total. The lowest BCUT2D eigenvalue weighted by Gasteiger charge is -2.12. The minimum Gasteiger partial charge on any atom is -0.480 e. The van der Waals surface area contributed by atoms with Crippen molar-refractivity contribution in [2.75, 3.05) is 18.1 Å². The van der Waals surface area contributed by atoms with Crippen LogP contribution in [0.2, 0.25) is 0 Å². The zero-order valence-corrected chi connectivity index (χ0v) is 10.5. The van der Waals surface area contributed by atoms with E-state index in [-0.39, 0.29) is 12.3 Å². The Kier molecular flexibility index (Phi) is 7.30. The fourth-order valence-corrected chi connectivity index (χ4v) is 2.11. The van der Waals surface area contributed by atoms with Gasteiger partial charge in [-0.25, -0.2) is 4.79 Å². The van der Waals surface area contributed by atoms with Gasteiger partial charge < -0.3 is 15.7 Å².